The maximum Gasteiger partial charge on any atom is 0.203 e. The first-order chi connectivity index (χ1) is 11.7. The Bertz CT molecular complexity index is 710. The minimum absolute atomic E-state index is 0. The van der Waals surface area contributed by atoms with Gasteiger partial charge in [-0.2, -0.15) is 0 Å². The molecule has 25 heavy (non-hydrogen) atoms. The molecule has 136 valence electrons. The van der Waals surface area contributed by atoms with E-state index in [0.717, 1.165) is 24.9 Å². The molecule has 0 saturated carbocycles. The van der Waals surface area contributed by atoms with Crippen LogP contribution in [0.15, 0.2) is 30.3 Å². The topological polar surface area (TPSA) is 60.0 Å². The molecule has 2 aromatic rings. The van der Waals surface area contributed by atoms with Crippen LogP contribution >= 0.6 is 12.4 Å². The van der Waals surface area contributed by atoms with Gasteiger partial charge in [0.2, 0.25) is 5.75 Å². The summed E-state index contributed by atoms with van der Waals surface area (Å²) in [5.74, 6) is 2.25. The van der Waals surface area contributed by atoms with E-state index < -0.39 is 0 Å². The van der Waals surface area contributed by atoms with E-state index >= 15 is 0 Å². The van der Waals surface area contributed by atoms with Gasteiger partial charge in [-0.15, -0.1) is 12.4 Å². The summed E-state index contributed by atoms with van der Waals surface area (Å²) in [6, 6.07) is 9.76. The largest absolute Gasteiger partial charge is 0.508 e. The van der Waals surface area contributed by atoms with Gasteiger partial charge in [-0.1, -0.05) is 6.07 Å². The third-order valence-electron chi connectivity index (χ3n) is 4.45. The number of halogens is 1. The highest BCUT2D eigenvalue weighted by Crippen LogP contribution is 2.39. The van der Waals surface area contributed by atoms with Crippen LogP contribution in [0.3, 0.4) is 0 Å². The smallest absolute Gasteiger partial charge is 0.203 e. The van der Waals surface area contributed by atoms with Crippen molar-refractivity contribution in [3.05, 3.63) is 47.0 Å². The van der Waals surface area contributed by atoms with Crippen LogP contribution in [0.4, 0.5) is 0 Å². The molecule has 1 aliphatic heterocycles. The summed E-state index contributed by atoms with van der Waals surface area (Å²) in [7, 11) is 4.85. The number of benzene rings is 2. The number of rotatable bonds is 5. The Labute approximate surface area is 154 Å². The molecule has 1 aliphatic rings. The number of methoxy groups -OCH3 is 3. The van der Waals surface area contributed by atoms with Gasteiger partial charge in [-0.25, -0.2) is 0 Å². The van der Waals surface area contributed by atoms with Gasteiger partial charge in [0, 0.05) is 6.04 Å². The van der Waals surface area contributed by atoms with Crippen molar-refractivity contribution in [2.24, 2.45) is 0 Å². The molecule has 0 bridgehead atoms. The van der Waals surface area contributed by atoms with Crippen molar-refractivity contribution in [3.8, 4) is 23.0 Å². The molecule has 0 aromatic heterocycles. The van der Waals surface area contributed by atoms with E-state index in [-0.39, 0.29) is 18.4 Å². The van der Waals surface area contributed by atoms with E-state index in [0.29, 0.717) is 23.0 Å². The van der Waals surface area contributed by atoms with Gasteiger partial charge < -0.3 is 24.6 Å². The van der Waals surface area contributed by atoms with Gasteiger partial charge in [0.1, 0.15) is 5.75 Å². The Morgan fingerprint density at radius 1 is 1.04 bits per heavy atom. The normalized spacial score (nSPS) is 15.7. The van der Waals surface area contributed by atoms with E-state index in [1.807, 2.05) is 24.3 Å². The predicted molar refractivity (Wildman–Crippen MR) is 99.6 cm³/mol. The van der Waals surface area contributed by atoms with E-state index in [2.05, 4.69) is 5.32 Å². The lowest BCUT2D eigenvalue weighted by Gasteiger charge is -2.27. The van der Waals surface area contributed by atoms with Crippen molar-refractivity contribution < 1.29 is 19.3 Å². The Kier molecular flexibility index (Phi) is 6.39. The standard InChI is InChI=1S/C19H23NO4.ClH/c1-22-17-9-12(10-18(23-2)19(17)24-3)8-16-15-5-4-14(21)11-13(15)6-7-20-16;/h4-5,9-11,16,20-21H,6-8H2,1-3H3;1H. The van der Waals surface area contributed by atoms with Crippen LogP contribution in [-0.4, -0.2) is 33.0 Å². The summed E-state index contributed by atoms with van der Waals surface area (Å²) < 4.78 is 16.2. The Morgan fingerprint density at radius 2 is 1.72 bits per heavy atom. The van der Waals surface area contributed by atoms with E-state index in [1.165, 1.54) is 11.1 Å². The van der Waals surface area contributed by atoms with Gasteiger partial charge in [-0.05, 0) is 60.3 Å². The van der Waals surface area contributed by atoms with Crippen molar-refractivity contribution in [2.45, 2.75) is 18.9 Å². The van der Waals surface area contributed by atoms with Gasteiger partial charge in [-0.3, -0.25) is 0 Å². The van der Waals surface area contributed by atoms with Gasteiger partial charge >= 0.3 is 0 Å². The number of hydrogen-bond donors (Lipinski definition) is 2. The molecular weight excluding hydrogens is 342 g/mol. The van der Waals surface area contributed by atoms with Crippen LogP contribution in [0.1, 0.15) is 22.7 Å². The second-order valence-corrected chi connectivity index (χ2v) is 5.88. The van der Waals surface area contributed by atoms with Gasteiger partial charge in [0.15, 0.2) is 11.5 Å². The quantitative estimate of drug-likeness (QED) is 0.851. The van der Waals surface area contributed by atoms with Crippen LogP contribution in [0.25, 0.3) is 0 Å². The maximum atomic E-state index is 9.69. The van der Waals surface area contributed by atoms with E-state index in [1.54, 1.807) is 27.4 Å². The maximum absolute atomic E-state index is 9.69. The summed E-state index contributed by atoms with van der Waals surface area (Å²) in [5.41, 5.74) is 3.53. The fraction of sp³-hybridized carbons (Fsp3) is 0.368. The Balaban J connectivity index is 0.00000225. The molecule has 3 rings (SSSR count). The molecular formula is C19H24ClNO4. The number of ether oxygens (including phenoxy) is 3. The molecule has 6 heteroatoms. The molecule has 1 atom stereocenters. The Hall–Kier alpha value is -2.11. The third-order valence-corrected chi connectivity index (χ3v) is 4.45. The number of fused-ring (bicyclic) bond motifs is 1. The van der Waals surface area contributed by atoms with Crippen LogP contribution in [0.5, 0.6) is 23.0 Å². The fourth-order valence-corrected chi connectivity index (χ4v) is 3.31. The average molecular weight is 366 g/mol. The number of nitrogens with one attached hydrogen (secondary N) is 1. The van der Waals surface area contributed by atoms with Crippen molar-refractivity contribution in [3.63, 3.8) is 0 Å². The number of hydrogen-bond acceptors (Lipinski definition) is 5. The highest BCUT2D eigenvalue weighted by Gasteiger charge is 2.22. The minimum Gasteiger partial charge on any atom is -0.508 e. The first-order valence-electron chi connectivity index (χ1n) is 8.00. The van der Waals surface area contributed by atoms with Crippen molar-refractivity contribution in [2.75, 3.05) is 27.9 Å². The zero-order valence-corrected chi connectivity index (χ0v) is 15.5. The molecule has 0 amide bonds. The monoisotopic (exact) mass is 365 g/mol. The summed E-state index contributed by atoms with van der Waals surface area (Å²) in [5, 5.41) is 13.2. The first-order valence-corrected chi connectivity index (χ1v) is 8.00. The zero-order valence-electron chi connectivity index (χ0n) is 14.7. The van der Waals surface area contributed by atoms with Crippen molar-refractivity contribution in [1.29, 1.82) is 0 Å². The molecule has 0 aliphatic carbocycles. The zero-order chi connectivity index (χ0) is 17.1. The first kappa shape index (κ1) is 19.2. The molecule has 2 N–H and O–H groups in total. The van der Waals surface area contributed by atoms with Crippen molar-refractivity contribution >= 4 is 12.4 Å². The summed E-state index contributed by atoms with van der Waals surface area (Å²) >= 11 is 0. The minimum atomic E-state index is 0. The SMILES string of the molecule is COc1cc(CC2NCCc3cc(O)ccc32)cc(OC)c1OC.Cl. The molecule has 0 saturated heterocycles. The molecule has 0 spiro atoms. The van der Waals surface area contributed by atoms with Crippen LogP contribution in [0.2, 0.25) is 0 Å². The lowest BCUT2D eigenvalue weighted by molar-refractivity contribution is 0.323. The van der Waals surface area contributed by atoms with E-state index in [4.69, 9.17) is 14.2 Å². The van der Waals surface area contributed by atoms with E-state index in [9.17, 15) is 5.11 Å². The molecule has 1 unspecified atom stereocenters. The van der Waals surface area contributed by atoms with Crippen LogP contribution in [-0.2, 0) is 12.8 Å². The number of phenols is 1. The lowest BCUT2D eigenvalue weighted by atomic mass is 9.90. The molecule has 1 heterocycles. The highest BCUT2D eigenvalue weighted by molar-refractivity contribution is 5.85. The van der Waals surface area contributed by atoms with Crippen molar-refractivity contribution in [1.82, 2.24) is 5.32 Å². The fourth-order valence-electron chi connectivity index (χ4n) is 3.31. The molecule has 0 radical (unpaired) electrons. The van der Waals surface area contributed by atoms with Crippen LogP contribution in [0, 0.1) is 0 Å². The Morgan fingerprint density at radius 3 is 2.32 bits per heavy atom. The van der Waals surface area contributed by atoms with Gasteiger partial charge in [0.25, 0.3) is 0 Å². The number of aromatic hydroxyl groups is 1. The molecule has 0 fully saturated rings. The molecule has 2 aromatic carbocycles. The van der Waals surface area contributed by atoms with Crippen LogP contribution < -0.4 is 19.5 Å². The van der Waals surface area contributed by atoms with Gasteiger partial charge in [0.05, 0.1) is 21.3 Å². The second kappa shape index (κ2) is 8.32. The average Bonchev–Trinajstić information content (AvgIpc) is 2.60. The second-order valence-electron chi connectivity index (χ2n) is 5.88. The summed E-state index contributed by atoms with van der Waals surface area (Å²) in [4.78, 5) is 0. The lowest BCUT2D eigenvalue weighted by Crippen LogP contribution is -2.31. The summed E-state index contributed by atoms with van der Waals surface area (Å²) in [6.45, 7) is 0.894. The summed E-state index contributed by atoms with van der Waals surface area (Å²) in [6.07, 6.45) is 1.73. The highest BCUT2D eigenvalue weighted by atomic mass is 35.5. The number of phenolic OH excluding ortho intramolecular Hbond substituents is 1. The third kappa shape index (κ3) is 3.94. The predicted octanol–water partition coefficient (Wildman–Crippen LogP) is 3.27. The molecule has 5 nitrogen and oxygen atoms in total.